The zero-order valence-corrected chi connectivity index (χ0v) is 13.2. The number of nitro groups is 1. The average Bonchev–Trinajstić information content (AvgIpc) is 3.13. The van der Waals surface area contributed by atoms with Crippen molar-refractivity contribution in [3.63, 3.8) is 0 Å². The molecular weight excluding hydrogens is 312 g/mol. The molecule has 7 nitrogen and oxygen atoms in total. The zero-order valence-electron chi connectivity index (χ0n) is 13.2. The molecule has 3 rings (SSSR count). The predicted octanol–water partition coefficient (Wildman–Crippen LogP) is 3.40. The van der Waals surface area contributed by atoms with Crippen molar-refractivity contribution in [2.75, 3.05) is 11.9 Å². The summed E-state index contributed by atoms with van der Waals surface area (Å²) in [6.07, 6.45) is 0. The van der Waals surface area contributed by atoms with Crippen molar-refractivity contribution >= 4 is 23.3 Å². The molecular formula is C17H16N2O5. The summed E-state index contributed by atoms with van der Waals surface area (Å²) in [5.74, 6) is -1.07. The van der Waals surface area contributed by atoms with Crippen molar-refractivity contribution in [3.05, 3.63) is 58.1 Å². The molecule has 2 aliphatic rings. The number of ether oxygens (including phenoxy) is 1. The highest BCUT2D eigenvalue weighted by molar-refractivity contribution is 6.01. The third kappa shape index (κ3) is 4.39. The van der Waals surface area contributed by atoms with Crippen LogP contribution < -0.4 is 5.32 Å². The molecule has 0 aliphatic heterocycles. The molecule has 0 aromatic heterocycles. The van der Waals surface area contributed by atoms with E-state index >= 15 is 0 Å². The number of hydrogen-bond acceptors (Lipinski definition) is 5. The molecule has 0 saturated carbocycles. The summed E-state index contributed by atoms with van der Waals surface area (Å²) >= 11 is 0. The van der Waals surface area contributed by atoms with Crippen LogP contribution in [0, 0.1) is 10.1 Å². The maximum absolute atomic E-state index is 11.6. The molecule has 0 fully saturated rings. The number of nitro benzene ring substituents is 1. The molecule has 0 heterocycles. The average molecular weight is 328 g/mol. The number of esters is 1. The Hall–Kier alpha value is -3.22. The number of hydrogen-bond donors (Lipinski definition) is 1. The van der Waals surface area contributed by atoms with Gasteiger partial charge in [0.05, 0.1) is 22.8 Å². The summed E-state index contributed by atoms with van der Waals surface area (Å²) in [4.78, 5) is 32.6. The number of non-ortho nitro benzene ring substituents is 1. The van der Waals surface area contributed by atoms with Gasteiger partial charge in [0.2, 0.25) is 5.91 Å². The van der Waals surface area contributed by atoms with Gasteiger partial charge < -0.3 is 10.1 Å². The molecule has 7 heteroatoms. The van der Waals surface area contributed by atoms with Crippen LogP contribution in [0.15, 0.2) is 42.5 Å². The molecule has 24 heavy (non-hydrogen) atoms. The molecule has 1 aromatic rings. The van der Waals surface area contributed by atoms with Crippen LogP contribution in [-0.4, -0.2) is 23.4 Å². The van der Waals surface area contributed by atoms with E-state index < -0.39 is 16.8 Å². The van der Waals surface area contributed by atoms with Gasteiger partial charge in [0, 0.05) is 19.1 Å². The first kappa shape index (κ1) is 17.1. The van der Waals surface area contributed by atoms with Gasteiger partial charge >= 0.3 is 5.97 Å². The van der Waals surface area contributed by atoms with Gasteiger partial charge in [-0.3, -0.25) is 14.9 Å². The Balaban J connectivity index is 0.000000282. The van der Waals surface area contributed by atoms with E-state index in [1.54, 1.807) is 6.92 Å². The number of nitrogens with one attached hydrogen (secondary N) is 1. The quantitative estimate of drug-likeness (QED) is 0.449. The molecule has 1 N–H and O–H groups in total. The summed E-state index contributed by atoms with van der Waals surface area (Å²) in [5.41, 5.74) is 2.78. The van der Waals surface area contributed by atoms with Gasteiger partial charge in [-0.25, -0.2) is 4.79 Å². The van der Waals surface area contributed by atoms with Crippen molar-refractivity contribution < 1.29 is 19.2 Å². The van der Waals surface area contributed by atoms with Crippen molar-refractivity contribution in [3.8, 4) is 11.1 Å². The Bertz CT molecular complexity index is 784. The smallest absolute Gasteiger partial charge is 0.340 e. The normalized spacial score (nSPS) is 10.1. The second-order valence-corrected chi connectivity index (χ2v) is 4.97. The molecule has 0 atom stereocenters. The summed E-state index contributed by atoms with van der Waals surface area (Å²) in [6.45, 7) is 3.06. The van der Waals surface area contributed by atoms with Gasteiger partial charge in [0.1, 0.15) is 0 Å². The van der Waals surface area contributed by atoms with Crippen LogP contribution in [0.3, 0.4) is 0 Å². The highest BCUT2D eigenvalue weighted by Crippen LogP contribution is 2.32. The van der Waals surface area contributed by atoms with Crippen molar-refractivity contribution in [1.29, 1.82) is 0 Å². The Kier molecular flexibility index (Phi) is 5.26. The molecule has 0 unspecified atom stereocenters. The first-order valence-electron chi connectivity index (χ1n) is 7.26. The molecule has 1 aromatic carbocycles. The predicted molar refractivity (Wildman–Crippen MR) is 88.8 cm³/mol. The van der Waals surface area contributed by atoms with E-state index in [1.165, 1.54) is 30.2 Å². The second-order valence-electron chi connectivity index (χ2n) is 4.97. The van der Waals surface area contributed by atoms with Crippen LogP contribution in [-0.2, 0) is 9.53 Å². The Morgan fingerprint density at radius 3 is 2.25 bits per heavy atom. The molecule has 1 amide bonds. The monoisotopic (exact) mass is 328 g/mol. The van der Waals surface area contributed by atoms with Crippen LogP contribution in [0.5, 0.6) is 0 Å². The van der Waals surface area contributed by atoms with E-state index in [4.69, 9.17) is 4.74 Å². The molecule has 0 bridgehead atoms. The lowest BCUT2D eigenvalue weighted by Gasteiger charge is -2.08. The lowest BCUT2D eigenvalue weighted by Crippen LogP contribution is -2.13. The molecule has 0 saturated heterocycles. The fraction of sp³-hybridized carbons (Fsp3) is 0.176. The van der Waals surface area contributed by atoms with Crippen LogP contribution in [0.2, 0.25) is 0 Å². The van der Waals surface area contributed by atoms with E-state index in [-0.39, 0.29) is 23.5 Å². The number of benzene rings is 2. The first-order chi connectivity index (χ1) is 11.4. The van der Waals surface area contributed by atoms with Crippen LogP contribution in [0.1, 0.15) is 24.2 Å². The third-order valence-corrected chi connectivity index (χ3v) is 3.13. The van der Waals surface area contributed by atoms with E-state index in [2.05, 4.69) is 29.6 Å². The van der Waals surface area contributed by atoms with Crippen LogP contribution in [0.4, 0.5) is 11.4 Å². The van der Waals surface area contributed by atoms with Gasteiger partial charge in [0.15, 0.2) is 0 Å². The SMILES string of the molecule is CCOC(=O)c1ccc([N+](=O)[O-])cc1NC(C)=O.c1cc2cc-2c1. The minimum atomic E-state index is -0.642. The number of nitrogens with zero attached hydrogens (tertiary/aromatic N) is 1. The number of amides is 1. The van der Waals surface area contributed by atoms with E-state index in [1.807, 2.05) is 0 Å². The maximum atomic E-state index is 11.6. The molecule has 0 spiro atoms. The Morgan fingerprint density at radius 2 is 1.83 bits per heavy atom. The minimum Gasteiger partial charge on any atom is -0.462 e. The Labute approximate surface area is 138 Å². The summed E-state index contributed by atoms with van der Waals surface area (Å²) in [7, 11) is 0. The van der Waals surface area contributed by atoms with Crippen molar-refractivity contribution in [1.82, 2.24) is 0 Å². The van der Waals surface area contributed by atoms with Crippen molar-refractivity contribution in [2.24, 2.45) is 0 Å². The lowest BCUT2D eigenvalue weighted by atomic mass is 10.1. The van der Waals surface area contributed by atoms with Gasteiger partial charge in [-0.1, -0.05) is 18.2 Å². The van der Waals surface area contributed by atoms with Crippen LogP contribution >= 0.6 is 0 Å². The fourth-order valence-electron chi connectivity index (χ4n) is 2.00. The minimum absolute atomic E-state index is 0.0650. The Morgan fingerprint density at radius 1 is 1.17 bits per heavy atom. The number of anilines is 1. The molecule has 124 valence electrons. The first-order valence-corrected chi connectivity index (χ1v) is 7.26. The van der Waals surface area contributed by atoms with Gasteiger partial charge in [-0.05, 0) is 30.2 Å². The van der Waals surface area contributed by atoms with E-state index in [9.17, 15) is 19.7 Å². The topological polar surface area (TPSA) is 98.5 Å². The van der Waals surface area contributed by atoms with Gasteiger partial charge in [0.25, 0.3) is 5.69 Å². The number of rotatable bonds is 4. The molecule has 0 radical (unpaired) electrons. The van der Waals surface area contributed by atoms with E-state index in [0.717, 1.165) is 6.07 Å². The largest absolute Gasteiger partial charge is 0.462 e. The van der Waals surface area contributed by atoms with Gasteiger partial charge in [-0.15, -0.1) is 0 Å². The number of carbonyl (C=O) groups is 2. The summed E-state index contributed by atoms with van der Waals surface area (Å²) in [5, 5.41) is 13.0. The van der Waals surface area contributed by atoms with Crippen molar-refractivity contribution in [2.45, 2.75) is 13.8 Å². The van der Waals surface area contributed by atoms with Crippen LogP contribution in [0.25, 0.3) is 11.1 Å². The van der Waals surface area contributed by atoms with E-state index in [0.29, 0.717) is 0 Å². The zero-order chi connectivity index (χ0) is 17.7. The third-order valence-electron chi connectivity index (χ3n) is 3.13. The second kappa shape index (κ2) is 7.36. The number of fused-ring (bicyclic) bond motifs is 1. The summed E-state index contributed by atoms with van der Waals surface area (Å²) in [6, 6.07) is 12.0. The fourth-order valence-corrected chi connectivity index (χ4v) is 2.00. The summed E-state index contributed by atoms with van der Waals surface area (Å²) < 4.78 is 4.79. The highest BCUT2D eigenvalue weighted by Gasteiger charge is 2.17. The maximum Gasteiger partial charge on any atom is 0.340 e. The number of carbonyl (C=O) groups excluding carboxylic acids is 2. The standard InChI is InChI=1S/C11H12N2O5.C6H4/c1-3-18-11(15)9-5-4-8(13(16)17)6-10(9)12-7(2)14;1-2-5-4-6(5)3-1/h4-6H,3H2,1-2H3,(H,12,14);1-4H. The molecule has 2 aliphatic carbocycles. The lowest BCUT2D eigenvalue weighted by molar-refractivity contribution is -0.384. The highest BCUT2D eigenvalue weighted by atomic mass is 16.6. The van der Waals surface area contributed by atoms with Gasteiger partial charge in [-0.2, -0.15) is 0 Å².